The van der Waals surface area contributed by atoms with Gasteiger partial charge in [-0.15, -0.1) is 0 Å². The molecular weight excluding hydrogens is 216 g/mol. The fraction of sp³-hybridized carbons (Fsp3) is 0.538. The zero-order chi connectivity index (χ0) is 11.2. The van der Waals surface area contributed by atoms with Gasteiger partial charge in [-0.25, -0.2) is 4.98 Å². The van der Waals surface area contributed by atoms with Crippen LogP contribution in [0.2, 0.25) is 0 Å². The van der Waals surface area contributed by atoms with Gasteiger partial charge in [0.2, 0.25) is 0 Å². The van der Waals surface area contributed by atoms with E-state index in [0.717, 1.165) is 16.6 Å². The van der Waals surface area contributed by atoms with Crippen molar-refractivity contribution in [2.45, 2.75) is 43.1 Å². The summed E-state index contributed by atoms with van der Waals surface area (Å²) in [5.74, 6) is 0.932. The molecule has 1 fully saturated rings. The van der Waals surface area contributed by atoms with Gasteiger partial charge in [0.1, 0.15) is 11.8 Å². The van der Waals surface area contributed by atoms with Gasteiger partial charge in [-0.2, -0.15) is 17.0 Å². The van der Waals surface area contributed by atoms with E-state index >= 15 is 0 Å². The summed E-state index contributed by atoms with van der Waals surface area (Å²) in [6.07, 6.45) is 8.51. The summed E-state index contributed by atoms with van der Waals surface area (Å²) < 4.78 is 0. The van der Waals surface area contributed by atoms with Crippen LogP contribution in [-0.2, 0) is 5.75 Å². The summed E-state index contributed by atoms with van der Waals surface area (Å²) >= 11 is 1.99. The molecule has 0 aromatic carbocycles. The van der Waals surface area contributed by atoms with Crippen LogP contribution < -0.4 is 0 Å². The maximum atomic E-state index is 8.93. The van der Waals surface area contributed by atoms with E-state index in [-0.39, 0.29) is 0 Å². The molecule has 0 amide bonds. The normalized spacial score (nSPS) is 16.9. The Labute approximate surface area is 101 Å². The number of nitrogens with zero attached hydrogens (tertiary/aromatic N) is 2. The zero-order valence-electron chi connectivity index (χ0n) is 9.35. The third-order valence-corrected chi connectivity index (χ3v) is 4.44. The molecule has 0 atom stereocenters. The number of pyridine rings is 1. The van der Waals surface area contributed by atoms with Gasteiger partial charge in [0.15, 0.2) is 0 Å². The van der Waals surface area contributed by atoms with Crippen molar-refractivity contribution in [3.63, 3.8) is 0 Å². The molecule has 0 N–H and O–H groups in total. The van der Waals surface area contributed by atoms with Crippen LogP contribution in [0.25, 0.3) is 0 Å². The summed E-state index contributed by atoms with van der Waals surface area (Å²) in [6.45, 7) is 0. The highest BCUT2D eigenvalue weighted by molar-refractivity contribution is 7.99. The Hall–Kier alpha value is -1.01. The van der Waals surface area contributed by atoms with Gasteiger partial charge in [0.05, 0.1) is 0 Å². The zero-order valence-corrected chi connectivity index (χ0v) is 10.2. The molecule has 0 unspecified atom stereocenters. The lowest BCUT2D eigenvalue weighted by Gasteiger charge is -2.20. The molecule has 1 aliphatic carbocycles. The van der Waals surface area contributed by atoms with Crippen LogP contribution >= 0.6 is 11.8 Å². The van der Waals surface area contributed by atoms with Crippen LogP contribution in [0.1, 0.15) is 43.4 Å². The van der Waals surface area contributed by atoms with E-state index in [2.05, 4.69) is 11.1 Å². The highest BCUT2D eigenvalue weighted by Gasteiger charge is 2.14. The van der Waals surface area contributed by atoms with Gasteiger partial charge < -0.3 is 0 Å². The van der Waals surface area contributed by atoms with Crippen molar-refractivity contribution in [3.8, 4) is 6.07 Å². The molecule has 0 radical (unpaired) electrons. The first kappa shape index (κ1) is 11.5. The first-order valence-corrected chi connectivity index (χ1v) is 6.90. The topological polar surface area (TPSA) is 36.7 Å². The Bertz CT molecular complexity index is 378. The van der Waals surface area contributed by atoms with Crippen LogP contribution in [0.15, 0.2) is 18.3 Å². The third kappa shape index (κ3) is 2.99. The van der Waals surface area contributed by atoms with E-state index in [1.165, 1.54) is 32.1 Å². The summed E-state index contributed by atoms with van der Waals surface area (Å²) in [7, 11) is 0. The summed E-state index contributed by atoms with van der Waals surface area (Å²) in [4.78, 5) is 4.09. The Kier molecular flexibility index (Phi) is 4.24. The van der Waals surface area contributed by atoms with Crippen molar-refractivity contribution in [2.24, 2.45) is 0 Å². The molecule has 0 bridgehead atoms. The lowest BCUT2D eigenvalue weighted by molar-refractivity contribution is 0.516. The van der Waals surface area contributed by atoms with Crippen LogP contribution in [0.5, 0.6) is 0 Å². The highest BCUT2D eigenvalue weighted by Crippen LogP contribution is 2.30. The highest BCUT2D eigenvalue weighted by atomic mass is 32.2. The van der Waals surface area contributed by atoms with E-state index < -0.39 is 0 Å². The van der Waals surface area contributed by atoms with Gasteiger partial charge in [-0.1, -0.05) is 25.3 Å². The van der Waals surface area contributed by atoms with E-state index in [1.807, 2.05) is 23.9 Å². The Balaban J connectivity index is 1.91. The quantitative estimate of drug-likeness (QED) is 0.800. The first-order valence-electron chi connectivity index (χ1n) is 5.86. The van der Waals surface area contributed by atoms with Gasteiger partial charge in [-0.05, 0) is 24.5 Å². The second-order valence-electron chi connectivity index (χ2n) is 4.19. The van der Waals surface area contributed by atoms with Gasteiger partial charge in [-0.3, -0.25) is 0 Å². The summed E-state index contributed by atoms with van der Waals surface area (Å²) in [5, 5.41) is 9.73. The monoisotopic (exact) mass is 232 g/mol. The summed E-state index contributed by atoms with van der Waals surface area (Å²) in [5.41, 5.74) is 1.67. The van der Waals surface area contributed by atoms with Gasteiger partial charge in [0.25, 0.3) is 0 Å². The lowest BCUT2D eigenvalue weighted by atomic mass is 10.0. The van der Waals surface area contributed by atoms with Crippen molar-refractivity contribution < 1.29 is 0 Å². The van der Waals surface area contributed by atoms with Crippen LogP contribution in [-0.4, -0.2) is 10.2 Å². The second kappa shape index (κ2) is 5.91. The van der Waals surface area contributed by atoms with Crippen molar-refractivity contribution in [3.05, 3.63) is 29.6 Å². The van der Waals surface area contributed by atoms with Crippen LogP contribution in [0.4, 0.5) is 0 Å². The number of thioether (sulfide) groups is 1. The molecule has 0 aliphatic heterocycles. The average molecular weight is 232 g/mol. The molecule has 0 saturated heterocycles. The molecule has 1 aromatic heterocycles. The average Bonchev–Trinajstić information content (AvgIpc) is 2.38. The molecule has 0 spiro atoms. The van der Waals surface area contributed by atoms with E-state index in [9.17, 15) is 0 Å². The number of nitriles is 1. The molecular formula is C13H16N2S. The van der Waals surface area contributed by atoms with E-state index in [1.54, 1.807) is 6.20 Å². The summed E-state index contributed by atoms with van der Waals surface area (Å²) in [6, 6.07) is 6.09. The minimum Gasteiger partial charge on any atom is -0.245 e. The maximum Gasteiger partial charge on any atom is 0.144 e. The predicted octanol–water partition coefficient (Wildman–Crippen LogP) is 3.52. The first-order chi connectivity index (χ1) is 7.90. The van der Waals surface area contributed by atoms with Crippen molar-refractivity contribution in [1.82, 2.24) is 4.98 Å². The number of hydrogen-bond acceptors (Lipinski definition) is 3. The second-order valence-corrected chi connectivity index (χ2v) is 5.48. The van der Waals surface area contributed by atoms with Crippen molar-refractivity contribution in [2.75, 3.05) is 0 Å². The Morgan fingerprint density at radius 2 is 2.19 bits per heavy atom. The SMILES string of the molecule is N#Cc1ncccc1CSC1CCCCC1. The fourth-order valence-corrected chi connectivity index (χ4v) is 3.41. The molecule has 3 heteroatoms. The minimum absolute atomic E-state index is 0.589. The number of rotatable bonds is 3. The number of aromatic nitrogens is 1. The van der Waals surface area contributed by atoms with E-state index in [0.29, 0.717) is 5.69 Å². The molecule has 2 rings (SSSR count). The standard InChI is InChI=1S/C13H16N2S/c14-9-13-11(5-4-8-15-13)10-16-12-6-2-1-3-7-12/h4-5,8,12H,1-3,6-7,10H2. The molecule has 1 saturated carbocycles. The van der Waals surface area contributed by atoms with Crippen molar-refractivity contribution >= 4 is 11.8 Å². The lowest BCUT2D eigenvalue weighted by Crippen LogP contribution is -2.08. The molecule has 1 heterocycles. The third-order valence-electron chi connectivity index (χ3n) is 3.02. The Morgan fingerprint density at radius 1 is 1.38 bits per heavy atom. The Morgan fingerprint density at radius 3 is 2.94 bits per heavy atom. The molecule has 1 aliphatic rings. The smallest absolute Gasteiger partial charge is 0.144 e. The van der Waals surface area contributed by atoms with Gasteiger partial charge in [0, 0.05) is 17.2 Å². The molecule has 16 heavy (non-hydrogen) atoms. The largest absolute Gasteiger partial charge is 0.245 e. The molecule has 2 nitrogen and oxygen atoms in total. The maximum absolute atomic E-state index is 8.93. The predicted molar refractivity (Wildman–Crippen MR) is 67.1 cm³/mol. The number of hydrogen-bond donors (Lipinski definition) is 0. The van der Waals surface area contributed by atoms with E-state index in [4.69, 9.17) is 5.26 Å². The molecule has 1 aromatic rings. The van der Waals surface area contributed by atoms with Gasteiger partial charge >= 0.3 is 0 Å². The fourth-order valence-electron chi connectivity index (χ4n) is 2.10. The minimum atomic E-state index is 0.589. The molecule has 84 valence electrons. The van der Waals surface area contributed by atoms with Crippen LogP contribution in [0.3, 0.4) is 0 Å². The van der Waals surface area contributed by atoms with Crippen LogP contribution in [0, 0.1) is 11.3 Å². The van der Waals surface area contributed by atoms with Crippen molar-refractivity contribution in [1.29, 1.82) is 5.26 Å².